The van der Waals surface area contributed by atoms with Gasteiger partial charge < -0.3 is 14.8 Å². The highest BCUT2D eigenvalue weighted by Crippen LogP contribution is 2.36. The van der Waals surface area contributed by atoms with Crippen molar-refractivity contribution in [1.82, 2.24) is 0 Å². The van der Waals surface area contributed by atoms with Gasteiger partial charge in [-0.3, -0.25) is 9.59 Å². The lowest BCUT2D eigenvalue weighted by molar-refractivity contribution is 0.0971. The van der Waals surface area contributed by atoms with Gasteiger partial charge in [-0.1, -0.05) is 36.4 Å². The molecule has 2 N–H and O–H groups in total. The minimum absolute atomic E-state index is 0.0410. The Morgan fingerprint density at radius 3 is 2.57 bits per heavy atom. The highest BCUT2D eigenvalue weighted by molar-refractivity contribution is 6.47. The smallest absolute Gasteiger partial charge is 0.526 e. The van der Waals surface area contributed by atoms with E-state index < -0.39 is 7.12 Å². The average Bonchev–Trinajstić information content (AvgIpc) is 2.68. The van der Waals surface area contributed by atoms with Gasteiger partial charge in [0, 0.05) is 24.4 Å². The monoisotopic (exact) mass is 380 g/mol. The highest BCUT2D eigenvalue weighted by Gasteiger charge is 2.37. The molecular formula is C22H25BO5. The number of carbonyl (C=O) groups is 2. The number of unbranched alkanes of at least 4 members (excludes halogenated alkanes) is 1. The van der Waals surface area contributed by atoms with Crippen molar-refractivity contribution in [3.05, 3.63) is 64.7 Å². The Kier molecular flexibility index (Phi) is 6.65. The van der Waals surface area contributed by atoms with Crippen LogP contribution in [0, 0.1) is 0 Å². The normalized spacial score (nSPS) is 15.7. The van der Waals surface area contributed by atoms with Gasteiger partial charge in [-0.25, -0.2) is 0 Å². The zero-order valence-electron chi connectivity index (χ0n) is 16.1. The number of Topliss-reactive ketones (excluding diaryl/α,β-unsaturated/α-hetero) is 2. The van der Waals surface area contributed by atoms with Crippen LogP contribution in [-0.4, -0.2) is 35.4 Å². The number of aliphatic hydroxyl groups excluding tert-OH is 1. The number of ketones is 2. The predicted octanol–water partition coefficient (Wildman–Crippen LogP) is 3.26. The first-order chi connectivity index (χ1) is 13.5. The van der Waals surface area contributed by atoms with E-state index in [1.165, 1.54) is 6.92 Å². The second-order valence-electron chi connectivity index (χ2n) is 7.33. The molecule has 0 saturated carbocycles. The number of hydrogen-bond donors (Lipinski definition) is 2. The second kappa shape index (κ2) is 9.17. The number of hydrogen-bond acceptors (Lipinski definition) is 5. The molecule has 0 radical (unpaired) electrons. The Morgan fingerprint density at radius 2 is 1.89 bits per heavy atom. The van der Waals surface area contributed by atoms with Gasteiger partial charge >= 0.3 is 7.12 Å². The van der Waals surface area contributed by atoms with E-state index in [-0.39, 0.29) is 30.4 Å². The van der Waals surface area contributed by atoms with Crippen molar-refractivity contribution in [3.8, 4) is 5.75 Å². The van der Waals surface area contributed by atoms with Crippen LogP contribution in [-0.2, 0) is 12.8 Å². The lowest BCUT2D eigenvalue weighted by atomic mass is 9.64. The van der Waals surface area contributed by atoms with Crippen LogP contribution >= 0.6 is 0 Å². The van der Waals surface area contributed by atoms with Crippen molar-refractivity contribution in [1.29, 1.82) is 0 Å². The highest BCUT2D eigenvalue weighted by atomic mass is 16.5. The van der Waals surface area contributed by atoms with Crippen LogP contribution in [0.4, 0.5) is 0 Å². The zero-order valence-corrected chi connectivity index (χ0v) is 16.1. The van der Waals surface area contributed by atoms with Gasteiger partial charge in [0.05, 0.1) is 5.56 Å². The number of fused-ring (bicyclic) bond motifs is 1. The van der Waals surface area contributed by atoms with Crippen LogP contribution in [0.1, 0.15) is 58.0 Å². The Morgan fingerprint density at radius 1 is 1.14 bits per heavy atom. The molecule has 3 rings (SSSR count). The minimum Gasteiger partial charge on any atom is -0.535 e. The third kappa shape index (κ3) is 4.69. The number of benzene rings is 2. The van der Waals surface area contributed by atoms with Crippen molar-refractivity contribution in [3.63, 3.8) is 0 Å². The SMILES string of the molecule is CC(=O)c1cccc2c1OB(O)[C@@H](CC(=O)c1ccc(CCCCO)cc1)C2. The molecule has 0 aromatic heterocycles. The molecule has 0 fully saturated rings. The Labute approximate surface area is 165 Å². The molecule has 28 heavy (non-hydrogen) atoms. The standard InChI is InChI=1S/C22H25BO5/c1-15(25)20-7-4-6-18-13-19(23(27)28-22(18)20)14-21(26)17-10-8-16(9-11-17)5-2-3-12-24/h4,6-11,19,24,27H,2-3,5,12-14H2,1H3/t19-/m1/s1. The Balaban J connectivity index is 1.66. The van der Waals surface area contributed by atoms with Gasteiger partial charge in [-0.15, -0.1) is 0 Å². The third-order valence-electron chi connectivity index (χ3n) is 5.20. The average molecular weight is 380 g/mol. The van der Waals surface area contributed by atoms with E-state index in [0.29, 0.717) is 23.3 Å². The summed E-state index contributed by atoms with van der Waals surface area (Å²) in [5, 5.41) is 19.2. The molecule has 0 amide bonds. The fourth-order valence-corrected chi connectivity index (χ4v) is 3.59. The van der Waals surface area contributed by atoms with Crippen molar-refractivity contribution in [2.45, 2.75) is 44.8 Å². The van der Waals surface area contributed by atoms with Crippen LogP contribution in [0.3, 0.4) is 0 Å². The Hall–Kier alpha value is -2.44. The van der Waals surface area contributed by atoms with Crippen LogP contribution in [0.15, 0.2) is 42.5 Å². The summed E-state index contributed by atoms with van der Waals surface area (Å²) < 4.78 is 5.61. The van der Waals surface area contributed by atoms with E-state index in [9.17, 15) is 14.6 Å². The summed E-state index contributed by atoms with van der Waals surface area (Å²) in [5.74, 6) is -0.0803. The van der Waals surface area contributed by atoms with E-state index in [0.717, 1.165) is 30.4 Å². The summed E-state index contributed by atoms with van der Waals surface area (Å²) in [4.78, 5) is 24.4. The summed E-state index contributed by atoms with van der Waals surface area (Å²) in [6.45, 7) is 1.66. The summed E-state index contributed by atoms with van der Waals surface area (Å²) in [6, 6.07) is 12.8. The van der Waals surface area contributed by atoms with Gasteiger partial charge in [0.15, 0.2) is 11.6 Å². The summed E-state index contributed by atoms with van der Waals surface area (Å²) >= 11 is 0. The number of rotatable bonds is 8. The topological polar surface area (TPSA) is 83.8 Å². The summed E-state index contributed by atoms with van der Waals surface area (Å²) in [5.41, 5.74) is 3.05. The van der Waals surface area contributed by atoms with E-state index >= 15 is 0 Å². The molecule has 5 nitrogen and oxygen atoms in total. The van der Waals surface area contributed by atoms with E-state index in [1.54, 1.807) is 12.1 Å². The molecular weight excluding hydrogens is 355 g/mol. The molecule has 0 unspecified atom stereocenters. The first-order valence-electron chi connectivity index (χ1n) is 9.70. The number of aliphatic hydroxyl groups is 1. The molecule has 146 valence electrons. The fourth-order valence-electron chi connectivity index (χ4n) is 3.59. The van der Waals surface area contributed by atoms with Gasteiger partial charge in [0.2, 0.25) is 0 Å². The Bertz CT molecular complexity index is 847. The van der Waals surface area contributed by atoms with Gasteiger partial charge in [0.1, 0.15) is 5.75 Å². The lowest BCUT2D eigenvalue weighted by Crippen LogP contribution is -2.35. The van der Waals surface area contributed by atoms with E-state index in [4.69, 9.17) is 9.76 Å². The molecule has 0 aliphatic carbocycles. The van der Waals surface area contributed by atoms with Gasteiger partial charge in [-0.2, -0.15) is 0 Å². The second-order valence-corrected chi connectivity index (χ2v) is 7.33. The van der Waals surface area contributed by atoms with Crippen LogP contribution < -0.4 is 4.65 Å². The van der Waals surface area contributed by atoms with Crippen molar-refractivity contribution < 1.29 is 24.4 Å². The molecule has 6 heteroatoms. The molecule has 1 atom stereocenters. The number of aryl methyl sites for hydroxylation is 1. The number of para-hydroxylation sites is 1. The molecule has 0 bridgehead atoms. The third-order valence-corrected chi connectivity index (χ3v) is 5.20. The first-order valence-corrected chi connectivity index (χ1v) is 9.70. The maximum Gasteiger partial charge on any atom is 0.526 e. The van der Waals surface area contributed by atoms with E-state index in [1.807, 2.05) is 30.3 Å². The predicted molar refractivity (Wildman–Crippen MR) is 108 cm³/mol. The summed E-state index contributed by atoms with van der Waals surface area (Å²) in [6.07, 6.45) is 3.22. The van der Waals surface area contributed by atoms with Crippen LogP contribution in [0.25, 0.3) is 0 Å². The first kappa shape index (κ1) is 20.3. The van der Waals surface area contributed by atoms with Crippen molar-refractivity contribution in [2.24, 2.45) is 0 Å². The molecule has 2 aromatic rings. The fraction of sp³-hybridized carbons (Fsp3) is 0.364. The zero-order chi connectivity index (χ0) is 20.1. The largest absolute Gasteiger partial charge is 0.535 e. The lowest BCUT2D eigenvalue weighted by Gasteiger charge is -2.28. The van der Waals surface area contributed by atoms with E-state index in [2.05, 4.69) is 0 Å². The minimum atomic E-state index is -1.12. The molecule has 1 aliphatic heterocycles. The van der Waals surface area contributed by atoms with Crippen LogP contribution in [0.5, 0.6) is 5.75 Å². The van der Waals surface area contributed by atoms with Crippen molar-refractivity contribution in [2.75, 3.05) is 6.61 Å². The molecule has 2 aromatic carbocycles. The molecule has 0 saturated heterocycles. The molecule has 1 heterocycles. The maximum atomic E-state index is 12.7. The number of carbonyl (C=O) groups excluding carboxylic acids is 2. The molecule has 1 aliphatic rings. The van der Waals surface area contributed by atoms with Crippen molar-refractivity contribution >= 4 is 18.7 Å². The van der Waals surface area contributed by atoms with Crippen LogP contribution in [0.2, 0.25) is 5.82 Å². The quantitative estimate of drug-likeness (QED) is 0.417. The summed E-state index contributed by atoms with van der Waals surface area (Å²) in [7, 11) is -1.12. The van der Waals surface area contributed by atoms with Gasteiger partial charge in [0.25, 0.3) is 0 Å². The van der Waals surface area contributed by atoms with Gasteiger partial charge in [-0.05, 0) is 49.8 Å². The maximum absolute atomic E-state index is 12.7. The molecule has 0 spiro atoms.